The van der Waals surface area contributed by atoms with Crippen LogP contribution in [0.15, 0.2) is 73.1 Å². The van der Waals surface area contributed by atoms with Gasteiger partial charge in [0.1, 0.15) is 11.0 Å². The molecule has 2 aromatic carbocycles. The van der Waals surface area contributed by atoms with Gasteiger partial charge in [-0.1, -0.05) is 29.8 Å². The number of nitrogens with zero attached hydrogens (tertiary/aromatic N) is 3. The van der Waals surface area contributed by atoms with E-state index in [0.29, 0.717) is 18.1 Å². The third kappa shape index (κ3) is 4.52. The lowest BCUT2D eigenvalue weighted by Crippen LogP contribution is -2.35. The van der Waals surface area contributed by atoms with Crippen LogP contribution in [-0.2, 0) is 4.79 Å². The van der Waals surface area contributed by atoms with E-state index in [1.165, 1.54) is 12.1 Å². The predicted octanol–water partition coefficient (Wildman–Crippen LogP) is 6.24. The topological polar surface area (TPSA) is 58.1 Å². The first kappa shape index (κ1) is 21.3. The van der Waals surface area contributed by atoms with Crippen LogP contribution in [0.2, 0.25) is 5.15 Å². The Balaban J connectivity index is 1.48. The fraction of sp³-hybridized carbons (Fsp3) is 0.192. The summed E-state index contributed by atoms with van der Waals surface area (Å²) in [6, 6.07) is 18.1. The van der Waals surface area contributed by atoms with E-state index in [0.717, 1.165) is 46.2 Å². The first-order valence-electron chi connectivity index (χ1n) is 10.8. The molecular weight excluding hydrogens is 439 g/mol. The average Bonchev–Trinajstić information content (AvgIpc) is 2.84. The Morgan fingerprint density at radius 3 is 2.76 bits per heavy atom. The summed E-state index contributed by atoms with van der Waals surface area (Å²) in [4.78, 5) is 22.4. The lowest BCUT2D eigenvalue weighted by Gasteiger charge is -2.38. The van der Waals surface area contributed by atoms with E-state index in [-0.39, 0.29) is 17.8 Å². The Kier molecular flexibility index (Phi) is 5.92. The van der Waals surface area contributed by atoms with Gasteiger partial charge in [-0.15, -0.1) is 0 Å². The third-order valence-electron chi connectivity index (χ3n) is 6.26. The first-order chi connectivity index (χ1) is 16.1. The zero-order valence-corrected chi connectivity index (χ0v) is 18.5. The summed E-state index contributed by atoms with van der Waals surface area (Å²) in [5.41, 5.74) is 4.57. The molecule has 1 aliphatic rings. The molecule has 0 spiro atoms. The van der Waals surface area contributed by atoms with Crippen molar-refractivity contribution >= 4 is 40.3 Å². The molecule has 0 aliphatic carbocycles. The van der Waals surface area contributed by atoms with Crippen molar-refractivity contribution in [3.8, 4) is 0 Å². The maximum absolute atomic E-state index is 13.4. The van der Waals surface area contributed by atoms with Crippen molar-refractivity contribution in [2.24, 2.45) is 0 Å². The molecule has 2 aromatic heterocycles. The number of carbonyl (C=O) groups is 1. The first-order valence-corrected chi connectivity index (χ1v) is 11.2. The number of nitrogens with one attached hydrogen (secondary N) is 1. The van der Waals surface area contributed by atoms with Gasteiger partial charge < -0.3 is 10.2 Å². The van der Waals surface area contributed by atoms with Gasteiger partial charge in [0, 0.05) is 41.3 Å². The summed E-state index contributed by atoms with van der Waals surface area (Å²) in [5.74, 6) is -0.0401. The van der Waals surface area contributed by atoms with Crippen molar-refractivity contribution < 1.29 is 9.18 Å². The van der Waals surface area contributed by atoms with E-state index in [2.05, 4.69) is 15.3 Å². The minimum atomic E-state index is -0.250. The predicted molar refractivity (Wildman–Crippen MR) is 128 cm³/mol. The summed E-state index contributed by atoms with van der Waals surface area (Å²) in [6.07, 6.45) is 5.93. The minimum Gasteiger partial charge on any atom is -0.355 e. The minimum absolute atomic E-state index is 0.180. The van der Waals surface area contributed by atoms with E-state index in [4.69, 9.17) is 11.6 Å². The summed E-state index contributed by atoms with van der Waals surface area (Å²) < 4.78 is 13.4. The number of rotatable bonds is 5. The molecular formula is C26H22ClFN4O. The van der Waals surface area contributed by atoms with Crippen LogP contribution < -0.4 is 5.32 Å². The molecule has 3 heterocycles. The van der Waals surface area contributed by atoms with Crippen LogP contribution in [0.1, 0.15) is 35.9 Å². The van der Waals surface area contributed by atoms with Crippen LogP contribution >= 0.6 is 11.6 Å². The molecule has 5 rings (SSSR count). The van der Waals surface area contributed by atoms with E-state index in [1.807, 2.05) is 42.5 Å². The number of piperidine rings is 1. The molecule has 1 saturated heterocycles. The highest BCUT2D eigenvalue weighted by atomic mass is 35.5. The van der Waals surface area contributed by atoms with Gasteiger partial charge in [0.05, 0.1) is 11.6 Å². The van der Waals surface area contributed by atoms with Gasteiger partial charge >= 0.3 is 0 Å². The fourth-order valence-corrected chi connectivity index (χ4v) is 4.73. The zero-order valence-electron chi connectivity index (χ0n) is 17.8. The molecule has 1 aliphatic heterocycles. The lowest BCUT2D eigenvalue weighted by atomic mass is 9.83. The molecule has 2 unspecified atom stereocenters. The highest BCUT2D eigenvalue weighted by molar-refractivity contribution is 6.29. The van der Waals surface area contributed by atoms with Crippen LogP contribution in [0.25, 0.3) is 10.9 Å². The van der Waals surface area contributed by atoms with Crippen molar-refractivity contribution in [2.75, 3.05) is 11.9 Å². The maximum Gasteiger partial charge on any atom is 0.210 e. The summed E-state index contributed by atoms with van der Waals surface area (Å²) in [5, 5.41) is 4.85. The van der Waals surface area contributed by atoms with Crippen molar-refractivity contribution in [3.63, 3.8) is 0 Å². The second kappa shape index (κ2) is 9.16. The number of amides is 1. The molecule has 1 amide bonds. The Labute approximate surface area is 196 Å². The van der Waals surface area contributed by atoms with Gasteiger partial charge in [-0.3, -0.25) is 9.78 Å². The van der Waals surface area contributed by atoms with Crippen LogP contribution in [0, 0.1) is 5.82 Å². The average molecular weight is 461 g/mol. The van der Waals surface area contributed by atoms with Crippen molar-refractivity contribution in [3.05, 3.63) is 95.2 Å². The number of anilines is 2. The van der Waals surface area contributed by atoms with Gasteiger partial charge in [-0.2, -0.15) is 0 Å². The molecule has 166 valence electrons. The zero-order chi connectivity index (χ0) is 22.8. The van der Waals surface area contributed by atoms with Crippen LogP contribution in [0.5, 0.6) is 0 Å². The molecule has 0 saturated carbocycles. The molecule has 5 nitrogen and oxygen atoms in total. The van der Waals surface area contributed by atoms with E-state index < -0.39 is 0 Å². The summed E-state index contributed by atoms with van der Waals surface area (Å²) in [7, 11) is 0. The molecule has 0 radical (unpaired) electrons. The number of benzene rings is 2. The van der Waals surface area contributed by atoms with Gasteiger partial charge in [0.2, 0.25) is 6.41 Å². The summed E-state index contributed by atoms with van der Waals surface area (Å²) >= 11 is 6.25. The number of likely N-dealkylation sites (tertiary alicyclic amines) is 1. The summed E-state index contributed by atoms with van der Waals surface area (Å²) in [6.45, 7) is 0.611. The van der Waals surface area contributed by atoms with Crippen molar-refractivity contribution in [1.29, 1.82) is 0 Å². The normalized spacial score (nSPS) is 18.3. The Morgan fingerprint density at radius 1 is 1.09 bits per heavy atom. The van der Waals surface area contributed by atoms with E-state index in [9.17, 15) is 9.18 Å². The second-order valence-corrected chi connectivity index (χ2v) is 8.65. The number of halogens is 2. The molecule has 4 aromatic rings. The molecule has 7 heteroatoms. The number of aromatic nitrogens is 2. The molecule has 1 N–H and O–H groups in total. The SMILES string of the molecule is O=CN1CCC(c2ccc(F)cc2)CC1c1cnc(Cl)cc1Nc1ccc2ncccc2c1. The maximum atomic E-state index is 13.4. The van der Waals surface area contributed by atoms with E-state index in [1.54, 1.807) is 23.4 Å². The largest absolute Gasteiger partial charge is 0.355 e. The monoisotopic (exact) mass is 460 g/mol. The van der Waals surface area contributed by atoms with E-state index >= 15 is 0 Å². The smallest absolute Gasteiger partial charge is 0.210 e. The highest BCUT2D eigenvalue weighted by Crippen LogP contribution is 2.41. The number of fused-ring (bicyclic) bond motifs is 1. The van der Waals surface area contributed by atoms with Crippen LogP contribution in [-0.4, -0.2) is 27.8 Å². The number of hydrogen-bond donors (Lipinski definition) is 1. The standard InChI is InChI=1S/C26H22ClFN4O/c27-26-14-24(31-21-7-8-23-19(12-21)2-1-10-29-23)22(15-30-26)25-13-18(9-11-32(25)16-33)17-3-5-20(28)6-4-17/h1-8,10,12,14-16,18,25H,9,11,13H2,(H,30,31). The molecule has 2 atom stereocenters. The second-order valence-electron chi connectivity index (χ2n) is 8.26. The quantitative estimate of drug-likeness (QED) is 0.283. The highest BCUT2D eigenvalue weighted by Gasteiger charge is 2.31. The van der Waals surface area contributed by atoms with Crippen LogP contribution in [0.3, 0.4) is 0 Å². The Morgan fingerprint density at radius 2 is 1.94 bits per heavy atom. The Hall–Kier alpha value is -3.51. The van der Waals surface area contributed by atoms with Crippen molar-refractivity contribution in [2.45, 2.75) is 24.8 Å². The van der Waals surface area contributed by atoms with Gasteiger partial charge in [-0.05, 0) is 66.8 Å². The molecule has 33 heavy (non-hydrogen) atoms. The number of carbonyl (C=O) groups excluding carboxylic acids is 1. The Bertz CT molecular complexity index is 1300. The van der Waals surface area contributed by atoms with Gasteiger partial charge in [0.15, 0.2) is 0 Å². The molecule has 1 fully saturated rings. The van der Waals surface area contributed by atoms with Gasteiger partial charge in [0.25, 0.3) is 0 Å². The van der Waals surface area contributed by atoms with Gasteiger partial charge in [-0.25, -0.2) is 9.37 Å². The third-order valence-corrected chi connectivity index (χ3v) is 6.47. The molecule has 0 bridgehead atoms. The lowest BCUT2D eigenvalue weighted by molar-refractivity contribution is -0.121. The number of pyridine rings is 2. The fourth-order valence-electron chi connectivity index (χ4n) is 4.58. The number of hydrogen-bond acceptors (Lipinski definition) is 4. The van der Waals surface area contributed by atoms with Crippen molar-refractivity contribution in [1.82, 2.24) is 14.9 Å². The van der Waals surface area contributed by atoms with Crippen LogP contribution in [0.4, 0.5) is 15.8 Å².